The molecule has 0 heterocycles. The van der Waals surface area contributed by atoms with Crippen LogP contribution in [0, 0.1) is 11.3 Å². The minimum Gasteiger partial charge on any atom is -0.377 e. The zero-order chi connectivity index (χ0) is 21.0. The quantitative estimate of drug-likeness (QED) is 0.200. The Morgan fingerprint density at radius 1 is 1.03 bits per heavy atom. The smallest absolute Gasteiger partial charge is 0.339 e. The summed E-state index contributed by atoms with van der Waals surface area (Å²) in [5, 5.41) is 10.2. The molecule has 0 bridgehead atoms. The van der Waals surface area contributed by atoms with Crippen molar-refractivity contribution in [2.75, 3.05) is 0 Å². The molecule has 0 aliphatic heterocycles. The lowest BCUT2D eigenvalue weighted by Crippen LogP contribution is -2.10. The molecule has 0 amide bonds. The maximum absolute atomic E-state index is 12.7. The molecular weight excluding hydrogens is 542 g/mol. The topological polar surface area (TPSA) is 67.2 Å². The van der Waals surface area contributed by atoms with Gasteiger partial charge in [0, 0.05) is 15.1 Å². The average molecular weight is 554 g/mol. The van der Waals surface area contributed by atoms with Gasteiger partial charge >= 0.3 is 10.1 Å². The van der Waals surface area contributed by atoms with Crippen LogP contribution in [0.2, 0.25) is 5.02 Å². The fraction of sp³-hybridized carbons (Fsp3) is 0. The Labute approximate surface area is 190 Å². The molecule has 29 heavy (non-hydrogen) atoms. The largest absolute Gasteiger partial charge is 0.377 e. The number of nitrogens with zero attached hydrogens (tertiary/aromatic N) is 1. The fourth-order valence-electron chi connectivity index (χ4n) is 2.49. The minimum absolute atomic E-state index is 0.0305. The lowest BCUT2D eigenvalue weighted by atomic mass is 10.0. The van der Waals surface area contributed by atoms with E-state index >= 15 is 0 Å². The number of hydrogen-bond donors (Lipinski definition) is 0. The monoisotopic (exact) mass is 551 g/mol. The fourth-order valence-corrected chi connectivity index (χ4v) is 5.05. The van der Waals surface area contributed by atoms with Crippen molar-refractivity contribution >= 4 is 65.2 Å². The summed E-state index contributed by atoms with van der Waals surface area (Å²) in [5.74, 6) is 0.0822. The average Bonchev–Trinajstić information content (AvgIpc) is 2.70. The molecule has 0 saturated carbocycles. The molecule has 4 nitrogen and oxygen atoms in total. The first-order valence-corrected chi connectivity index (χ1v) is 11.5. The Morgan fingerprint density at radius 3 is 2.31 bits per heavy atom. The van der Waals surface area contributed by atoms with Gasteiger partial charge in [0.1, 0.15) is 4.90 Å². The number of halogens is 3. The number of rotatable bonds is 5. The van der Waals surface area contributed by atoms with Gasteiger partial charge in [0.2, 0.25) is 0 Å². The number of nitriles is 1. The van der Waals surface area contributed by atoms with Crippen LogP contribution < -0.4 is 4.18 Å². The third kappa shape index (κ3) is 5.28. The number of benzene rings is 3. The zero-order valence-corrected chi connectivity index (χ0v) is 19.4. The van der Waals surface area contributed by atoms with Gasteiger partial charge in [-0.2, -0.15) is 13.7 Å². The second kappa shape index (κ2) is 9.14. The van der Waals surface area contributed by atoms with Crippen molar-refractivity contribution in [3.05, 3.63) is 91.8 Å². The second-order valence-electron chi connectivity index (χ2n) is 5.83. The van der Waals surface area contributed by atoms with Gasteiger partial charge < -0.3 is 4.18 Å². The van der Waals surface area contributed by atoms with Crippen molar-refractivity contribution in [3.8, 4) is 11.8 Å². The Hall–Kier alpha value is -2.11. The zero-order valence-electron chi connectivity index (χ0n) is 14.6. The molecule has 8 heteroatoms. The van der Waals surface area contributed by atoms with Crippen molar-refractivity contribution < 1.29 is 12.6 Å². The summed E-state index contributed by atoms with van der Waals surface area (Å²) >= 11 is 12.7. The van der Waals surface area contributed by atoms with E-state index in [1.807, 2.05) is 0 Å². The lowest BCUT2D eigenvalue weighted by Gasteiger charge is -2.13. The van der Waals surface area contributed by atoms with E-state index in [9.17, 15) is 13.7 Å². The molecule has 0 radical (unpaired) electrons. The Bertz CT molecular complexity index is 1220. The summed E-state index contributed by atoms with van der Waals surface area (Å²) in [6, 6.07) is 20.1. The standard InChI is InChI=1S/C21H12Br2ClNO3S/c22-17-11-15(10-16(13-25)14-6-8-18(24)9-7-14)21(20(23)12-17)28-29(26,27)19-4-2-1-3-5-19/h1-12H/b16-10+. The maximum atomic E-state index is 12.7. The van der Waals surface area contributed by atoms with E-state index < -0.39 is 10.1 Å². The SMILES string of the molecule is N#C/C(=C\c1cc(Br)cc(Br)c1OS(=O)(=O)c1ccccc1)c1ccc(Cl)cc1. The first-order chi connectivity index (χ1) is 13.8. The van der Waals surface area contributed by atoms with Gasteiger partial charge in [-0.25, -0.2) is 0 Å². The van der Waals surface area contributed by atoms with Gasteiger partial charge in [0.15, 0.2) is 5.75 Å². The molecular formula is C21H12Br2ClNO3S. The molecule has 0 aliphatic carbocycles. The van der Waals surface area contributed by atoms with Crippen LogP contribution in [0.4, 0.5) is 0 Å². The van der Waals surface area contributed by atoms with Gasteiger partial charge in [-0.15, -0.1) is 0 Å². The van der Waals surface area contributed by atoms with Crippen molar-refractivity contribution in [2.45, 2.75) is 4.90 Å². The number of allylic oxidation sites excluding steroid dienone is 1. The molecule has 3 aromatic rings. The molecule has 3 rings (SSSR count). The van der Waals surface area contributed by atoms with E-state index in [1.165, 1.54) is 12.1 Å². The third-order valence-electron chi connectivity index (χ3n) is 3.84. The summed E-state index contributed by atoms with van der Waals surface area (Å²) in [4.78, 5) is 0.0305. The van der Waals surface area contributed by atoms with Crippen LogP contribution >= 0.6 is 43.5 Å². The van der Waals surface area contributed by atoms with E-state index in [1.54, 1.807) is 60.7 Å². The highest BCUT2D eigenvalue weighted by Gasteiger charge is 2.21. The van der Waals surface area contributed by atoms with Crippen LogP contribution in [0.3, 0.4) is 0 Å². The van der Waals surface area contributed by atoms with E-state index in [4.69, 9.17) is 15.8 Å². The molecule has 0 N–H and O–H groups in total. The van der Waals surface area contributed by atoms with Crippen molar-refractivity contribution in [1.82, 2.24) is 0 Å². The van der Waals surface area contributed by atoms with Crippen molar-refractivity contribution in [2.24, 2.45) is 0 Å². The Morgan fingerprint density at radius 2 is 1.69 bits per heavy atom. The van der Waals surface area contributed by atoms with Crippen molar-refractivity contribution in [1.29, 1.82) is 5.26 Å². The Kier molecular flexibility index (Phi) is 6.81. The normalized spacial score (nSPS) is 11.7. The van der Waals surface area contributed by atoms with Gasteiger partial charge in [0.25, 0.3) is 0 Å². The highest BCUT2D eigenvalue weighted by molar-refractivity contribution is 9.11. The van der Waals surface area contributed by atoms with Gasteiger partial charge in [-0.1, -0.05) is 57.9 Å². The van der Waals surface area contributed by atoms with Crippen LogP contribution in [-0.4, -0.2) is 8.42 Å². The summed E-state index contributed by atoms with van der Waals surface area (Å²) in [6.45, 7) is 0. The molecule has 0 aromatic heterocycles. The Balaban J connectivity index is 2.10. The molecule has 0 fully saturated rings. The maximum Gasteiger partial charge on any atom is 0.339 e. The predicted molar refractivity (Wildman–Crippen MR) is 121 cm³/mol. The molecule has 0 spiro atoms. The molecule has 146 valence electrons. The highest BCUT2D eigenvalue weighted by Crippen LogP contribution is 2.37. The van der Waals surface area contributed by atoms with Crippen LogP contribution in [0.15, 0.2) is 80.6 Å². The second-order valence-corrected chi connectivity index (χ2v) is 9.59. The molecule has 3 aromatic carbocycles. The van der Waals surface area contributed by atoms with E-state index in [0.29, 0.717) is 30.7 Å². The summed E-state index contributed by atoms with van der Waals surface area (Å²) < 4.78 is 31.9. The van der Waals surface area contributed by atoms with E-state index in [0.717, 1.165) is 0 Å². The first-order valence-electron chi connectivity index (χ1n) is 8.16. The summed E-state index contributed by atoms with van der Waals surface area (Å²) in [6.07, 6.45) is 1.56. The van der Waals surface area contributed by atoms with Gasteiger partial charge in [-0.3, -0.25) is 0 Å². The molecule has 0 unspecified atom stereocenters. The predicted octanol–water partition coefficient (Wildman–Crippen LogP) is 6.70. The minimum atomic E-state index is -4.06. The first kappa shape index (κ1) is 21.6. The lowest BCUT2D eigenvalue weighted by molar-refractivity contribution is 0.484. The van der Waals surface area contributed by atoms with E-state index in [2.05, 4.69) is 37.9 Å². The van der Waals surface area contributed by atoms with E-state index in [-0.39, 0.29) is 10.6 Å². The van der Waals surface area contributed by atoms with Crippen LogP contribution in [0.5, 0.6) is 5.75 Å². The van der Waals surface area contributed by atoms with Gasteiger partial charge in [0.05, 0.1) is 16.1 Å². The van der Waals surface area contributed by atoms with Crippen LogP contribution in [-0.2, 0) is 10.1 Å². The number of hydrogen-bond acceptors (Lipinski definition) is 4. The van der Waals surface area contributed by atoms with Crippen molar-refractivity contribution in [3.63, 3.8) is 0 Å². The summed E-state index contributed by atoms with van der Waals surface area (Å²) in [5.41, 5.74) is 1.38. The van der Waals surface area contributed by atoms with Gasteiger partial charge in [-0.05, 0) is 64.0 Å². The molecule has 0 aliphatic rings. The summed E-state index contributed by atoms with van der Waals surface area (Å²) in [7, 11) is -4.06. The van der Waals surface area contributed by atoms with Crippen LogP contribution in [0.25, 0.3) is 11.6 Å². The third-order valence-corrected chi connectivity index (χ3v) is 6.37. The highest BCUT2D eigenvalue weighted by atomic mass is 79.9. The molecule has 0 atom stereocenters. The van der Waals surface area contributed by atoms with Crippen LogP contribution in [0.1, 0.15) is 11.1 Å². The molecule has 0 saturated heterocycles.